The van der Waals surface area contributed by atoms with Gasteiger partial charge in [-0.15, -0.1) is 0 Å². The average molecular weight is 254 g/mol. The van der Waals surface area contributed by atoms with E-state index in [-0.39, 0.29) is 0 Å². The molecule has 0 amide bonds. The molecule has 2 aromatic rings. The molecule has 0 radical (unpaired) electrons. The van der Waals surface area contributed by atoms with Crippen molar-refractivity contribution in [3.8, 4) is 0 Å². The summed E-state index contributed by atoms with van der Waals surface area (Å²) in [6.07, 6.45) is 5.84. The maximum atomic E-state index is 4.65. The minimum absolute atomic E-state index is 0.825. The first-order chi connectivity index (χ1) is 9.22. The van der Waals surface area contributed by atoms with Crippen LogP contribution >= 0.6 is 0 Å². The molecule has 1 aliphatic rings. The van der Waals surface area contributed by atoms with Crippen molar-refractivity contribution in [1.82, 2.24) is 10.3 Å². The molecular formula is C17H22N2. The summed E-state index contributed by atoms with van der Waals surface area (Å²) < 4.78 is 0. The molecule has 1 aliphatic heterocycles. The van der Waals surface area contributed by atoms with Crippen molar-refractivity contribution in [2.45, 2.75) is 33.1 Å². The zero-order valence-electron chi connectivity index (χ0n) is 11.9. The lowest BCUT2D eigenvalue weighted by atomic mass is 9.91. The van der Waals surface area contributed by atoms with Gasteiger partial charge in [-0.05, 0) is 80.9 Å². The van der Waals surface area contributed by atoms with Crippen molar-refractivity contribution in [3.63, 3.8) is 0 Å². The quantitative estimate of drug-likeness (QED) is 0.888. The van der Waals surface area contributed by atoms with Gasteiger partial charge in [-0.2, -0.15) is 0 Å². The molecule has 1 aromatic carbocycles. The molecule has 0 saturated carbocycles. The Morgan fingerprint density at radius 2 is 1.95 bits per heavy atom. The number of rotatable bonds is 2. The van der Waals surface area contributed by atoms with Crippen LogP contribution in [0.15, 0.2) is 24.4 Å². The minimum Gasteiger partial charge on any atom is -0.317 e. The summed E-state index contributed by atoms with van der Waals surface area (Å²) >= 11 is 0. The van der Waals surface area contributed by atoms with Crippen LogP contribution in [0.3, 0.4) is 0 Å². The van der Waals surface area contributed by atoms with Crippen LogP contribution in [0.5, 0.6) is 0 Å². The molecule has 0 bridgehead atoms. The summed E-state index contributed by atoms with van der Waals surface area (Å²) in [6, 6.07) is 6.77. The Bertz CT molecular complexity index is 583. The second-order valence-electron chi connectivity index (χ2n) is 5.89. The Hall–Kier alpha value is -1.41. The zero-order chi connectivity index (χ0) is 13.2. The Kier molecular flexibility index (Phi) is 3.52. The second kappa shape index (κ2) is 5.30. The Morgan fingerprint density at radius 3 is 2.74 bits per heavy atom. The Balaban J connectivity index is 1.88. The molecule has 2 heterocycles. The van der Waals surface area contributed by atoms with Crippen LogP contribution < -0.4 is 5.32 Å². The lowest BCUT2D eigenvalue weighted by Crippen LogP contribution is -2.28. The monoisotopic (exact) mass is 254 g/mol. The van der Waals surface area contributed by atoms with Gasteiger partial charge < -0.3 is 5.32 Å². The summed E-state index contributed by atoms with van der Waals surface area (Å²) in [5, 5.41) is 4.75. The number of piperidine rings is 1. The molecule has 0 atom stereocenters. The van der Waals surface area contributed by atoms with Crippen molar-refractivity contribution in [2.75, 3.05) is 13.1 Å². The molecule has 0 unspecified atom stereocenters. The van der Waals surface area contributed by atoms with Gasteiger partial charge in [-0.25, -0.2) is 0 Å². The molecule has 3 rings (SSSR count). The van der Waals surface area contributed by atoms with Crippen molar-refractivity contribution < 1.29 is 0 Å². The number of pyridine rings is 1. The highest BCUT2D eigenvalue weighted by atomic mass is 14.9. The average Bonchev–Trinajstić information content (AvgIpc) is 2.40. The van der Waals surface area contributed by atoms with Gasteiger partial charge in [0.15, 0.2) is 0 Å². The van der Waals surface area contributed by atoms with Gasteiger partial charge in [0, 0.05) is 11.6 Å². The van der Waals surface area contributed by atoms with Crippen molar-refractivity contribution in [3.05, 3.63) is 41.1 Å². The summed E-state index contributed by atoms with van der Waals surface area (Å²) in [4.78, 5) is 4.65. The van der Waals surface area contributed by atoms with E-state index in [9.17, 15) is 0 Å². The third-order valence-electron chi connectivity index (χ3n) is 4.19. The number of fused-ring (bicyclic) bond motifs is 1. The van der Waals surface area contributed by atoms with E-state index in [0.717, 1.165) is 11.4 Å². The molecule has 19 heavy (non-hydrogen) atoms. The Morgan fingerprint density at radius 1 is 1.16 bits per heavy atom. The van der Waals surface area contributed by atoms with Crippen molar-refractivity contribution in [1.29, 1.82) is 0 Å². The molecule has 0 spiro atoms. The smallest absolute Gasteiger partial charge is 0.0707 e. The van der Waals surface area contributed by atoms with Crippen molar-refractivity contribution in [2.24, 2.45) is 5.92 Å². The van der Waals surface area contributed by atoms with E-state index in [0.29, 0.717) is 0 Å². The summed E-state index contributed by atoms with van der Waals surface area (Å²) in [7, 11) is 0. The van der Waals surface area contributed by atoms with E-state index in [1.807, 2.05) is 0 Å². The lowest BCUT2D eigenvalue weighted by molar-refractivity contribution is 0.372. The predicted molar refractivity (Wildman–Crippen MR) is 80.5 cm³/mol. The van der Waals surface area contributed by atoms with Crippen LogP contribution in [-0.4, -0.2) is 18.1 Å². The van der Waals surface area contributed by atoms with Gasteiger partial charge in [-0.3, -0.25) is 4.98 Å². The number of hydrogen-bond acceptors (Lipinski definition) is 2. The fourth-order valence-electron chi connectivity index (χ4n) is 3.16. The zero-order valence-corrected chi connectivity index (χ0v) is 11.9. The van der Waals surface area contributed by atoms with Gasteiger partial charge in [0.1, 0.15) is 0 Å². The summed E-state index contributed by atoms with van der Waals surface area (Å²) in [5.41, 5.74) is 5.16. The first-order valence-electron chi connectivity index (χ1n) is 7.29. The van der Waals surface area contributed by atoms with Crippen molar-refractivity contribution >= 4 is 10.9 Å². The first kappa shape index (κ1) is 12.6. The highest BCUT2D eigenvalue weighted by Gasteiger charge is 2.14. The molecule has 100 valence electrons. The van der Waals surface area contributed by atoms with Gasteiger partial charge in [0.2, 0.25) is 0 Å². The van der Waals surface area contributed by atoms with Crippen LogP contribution in [0.2, 0.25) is 0 Å². The number of nitrogens with zero attached hydrogens (tertiary/aromatic N) is 1. The van der Waals surface area contributed by atoms with Crippen LogP contribution in [0, 0.1) is 19.8 Å². The Labute approximate surface area is 115 Å². The summed E-state index contributed by atoms with van der Waals surface area (Å²) in [6.45, 7) is 6.66. The number of aromatic nitrogens is 1. The molecule has 0 aliphatic carbocycles. The number of nitrogens with one attached hydrogen (secondary N) is 1. The van der Waals surface area contributed by atoms with E-state index >= 15 is 0 Å². The fraction of sp³-hybridized carbons (Fsp3) is 0.471. The topological polar surface area (TPSA) is 24.9 Å². The number of benzene rings is 1. The molecule has 1 fully saturated rings. The lowest BCUT2D eigenvalue weighted by Gasteiger charge is -2.22. The van der Waals surface area contributed by atoms with Gasteiger partial charge in [0.05, 0.1) is 5.52 Å². The van der Waals surface area contributed by atoms with E-state index < -0.39 is 0 Å². The normalized spacial score (nSPS) is 16.9. The van der Waals surface area contributed by atoms with Gasteiger partial charge in [-0.1, -0.05) is 6.07 Å². The van der Waals surface area contributed by atoms with Crippen LogP contribution in [0.1, 0.15) is 29.5 Å². The van der Waals surface area contributed by atoms with E-state index in [4.69, 9.17) is 0 Å². The molecule has 1 N–H and O–H groups in total. The second-order valence-corrected chi connectivity index (χ2v) is 5.89. The number of aryl methyl sites for hydroxylation is 2. The molecular weight excluding hydrogens is 232 g/mol. The highest BCUT2D eigenvalue weighted by molar-refractivity contribution is 5.83. The molecule has 1 aromatic heterocycles. The third-order valence-corrected chi connectivity index (χ3v) is 4.19. The standard InChI is InChI=1S/C17H22N2/c1-12-7-13(2)16-10-15(11-19-17(16)8-12)9-14-3-5-18-6-4-14/h7-8,10-11,14,18H,3-6,9H2,1-2H3. The van der Waals surface area contributed by atoms with E-state index in [2.05, 4.69) is 48.5 Å². The summed E-state index contributed by atoms with van der Waals surface area (Å²) in [5.74, 6) is 0.825. The molecule has 2 heteroatoms. The van der Waals surface area contributed by atoms with Crippen LogP contribution in [-0.2, 0) is 6.42 Å². The van der Waals surface area contributed by atoms with E-state index in [1.54, 1.807) is 0 Å². The SMILES string of the molecule is Cc1cc(C)c2cc(CC3CCNCC3)cnc2c1. The number of hydrogen-bond donors (Lipinski definition) is 1. The largest absolute Gasteiger partial charge is 0.317 e. The minimum atomic E-state index is 0.825. The molecule has 2 nitrogen and oxygen atoms in total. The first-order valence-corrected chi connectivity index (χ1v) is 7.29. The van der Waals surface area contributed by atoms with Crippen LogP contribution in [0.25, 0.3) is 10.9 Å². The third kappa shape index (κ3) is 2.79. The van der Waals surface area contributed by atoms with Gasteiger partial charge in [0.25, 0.3) is 0 Å². The van der Waals surface area contributed by atoms with E-state index in [1.165, 1.54) is 54.4 Å². The maximum absolute atomic E-state index is 4.65. The highest BCUT2D eigenvalue weighted by Crippen LogP contribution is 2.23. The predicted octanol–water partition coefficient (Wildman–Crippen LogP) is 3.39. The van der Waals surface area contributed by atoms with Crippen LogP contribution in [0.4, 0.5) is 0 Å². The fourth-order valence-corrected chi connectivity index (χ4v) is 3.16. The molecule has 1 saturated heterocycles. The maximum Gasteiger partial charge on any atom is 0.0707 e. The van der Waals surface area contributed by atoms with Gasteiger partial charge >= 0.3 is 0 Å².